The normalized spacial score (nSPS) is 13.7. The minimum Gasteiger partial charge on any atom is -0.465 e. The number of hydrogen-bond acceptors (Lipinski definition) is 5. The van der Waals surface area contributed by atoms with Crippen LogP contribution in [0.4, 0.5) is 10.6 Å². The molecule has 0 aliphatic heterocycles. The fourth-order valence-electron chi connectivity index (χ4n) is 2.78. The van der Waals surface area contributed by atoms with E-state index < -0.39 is 6.09 Å². The van der Waals surface area contributed by atoms with Gasteiger partial charge >= 0.3 is 6.09 Å². The molecule has 3 aromatic rings. The van der Waals surface area contributed by atoms with Crippen LogP contribution in [0.1, 0.15) is 28.8 Å². The van der Waals surface area contributed by atoms with E-state index >= 15 is 0 Å². The number of aldehydes is 1. The van der Waals surface area contributed by atoms with Gasteiger partial charge in [-0.1, -0.05) is 30.3 Å². The van der Waals surface area contributed by atoms with Crippen LogP contribution in [0.2, 0.25) is 0 Å². The SMILES string of the molecule is O=Cc1cnn2c(N(C(=O)O)C3CC3)cc(SCc3ccccc3)nc12. The Balaban J connectivity index is 1.75. The topological polar surface area (TPSA) is 87.8 Å². The number of amides is 1. The molecule has 1 aliphatic carbocycles. The number of thioether (sulfide) groups is 1. The Bertz CT molecular complexity index is 969. The van der Waals surface area contributed by atoms with Crippen molar-refractivity contribution in [2.24, 2.45) is 0 Å². The van der Waals surface area contributed by atoms with Crippen molar-refractivity contribution in [2.45, 2.75) is 29.7 Å². The first-order valence-corrected chi connectivity index (χ1v) is 9.19. The highest BCUT2D eigenvalue weighted by Crippen LogP contribution is 2.34. The predicted octanol–water partition coefficient (Wildman–Crippen LogP) is 3.48. The van der Waals surface area contributed by atoms with Crippen molar-refractivity contribution < 1.29 is 14.7 Å². The second kappa shape index (κ2) is 6.80. The summed E-state index contributed by atoms with van der Waals surface area (Å²) in [4.78, 5) is 28.9. The minimum absolute atomic E-state index is 0.0473. The van der Waals surface area contributed by atoms with E-state index in [-0.39, 0.29) is 6.04 Å². The molecule has 0 radical (unpaired) electrons. The van der Waals surface area contributed by atoms with E-state index in [0.717, 1.165) is 18.4 Å². The molecule has 0 atom stereocenters. The van der Waals surface area contributed by atoms with Gasteiger partial charge in [-0.05, 0) is 18.4 Å². The highest BCUT2D eigenvalue weighted by Gasteiger charge is 2.36. The number of hydrogen-bond donors (Lipinski definition) is 1. The quantitative estimate of drug-likeness (QED) is 0.407. The summed E-state index contributed by atoms with van der Waals surface area (Å²) in [7, 11) is 0. The molecule has 0 saturated heterocycles. The molecular weight excluding hydrogens is 352 g/mol. The van der Waals surface area contributed by atoms with Crippen LogP contribution in [0.5, 0.6) is 0 Å². The van der Waals surface area contributed by atoms with Crippen LogP contribution in [0, 0.1) is 0 Å². The lowest BCUT2D eigenvalue weighted by Crippen LogP contribution is -2.33. The molecule has 7 nitrogen and oxygen atoms in total. The summed E-state index contributed by atoms with van der Waals surface area (Å²) in [5.41, 5.74) is 1.86. The summed E-state index contributed by atoms with van der Waals surface area (Å²) in [6, 6.07) is 11.6. The average molecular weight is 368 g/mol. The van der Waals surface area contributed by atoms with Gasteiger partial charge in [0.2, 0.25) is 0 Å². The fourth-order valence-corrected chi connectivity index (χ4v) is 3.62. The Kier molecular flexibility index (Phi) is 4.34. The summed E-state index contributed by atoms with van der Waals surface area (Å²) < 4.78 is 1.43. The Morgan fingerprint density at radius 1 is 1.35 bits per heavy atom. The van der Waals surface area contributed by atoms with Crippen molar-refractivity contribution in [1.29, 1.82) is 0 Å². The van der Waals surface area contributed by atoms with Crippen molar-refractivity contribution >= 4 is 35.6 Å². The summed E-state index contributed by atoms with van der Waals surface area (Å²) in [6.45, 7) is 0. The smallest absolute Gasteiger partial charge is 0.413 e. The predicted molar refractivity (Wildman–Crippen MR) is 97.9 cm³/mol. The summed E-state index contributed by atoms with van der Waals surface area (Å²) >= 11 is 1.50. The fraction of sp³-hybridized carbons (Fsp3) is 0.222. The molecule has 2 heterocycles. The molecule has 0 spiro atoms. The van der Waals surface area contributed by atoms with Gasteiger partial charge < -0.3 is 5.11 Å². The highest BCUT2D eigenvalue weighted by atomic mass is 32.2. The Hall–Kier alpha value is -2.87. The number of carboxylic acid groups (broad SMARTS) is 1. The van der Waals surface area contributed by atoms with Crippen LogP contribution >= 0.6 is 11.8 Å². The van der Waals surface area contributed by atoms with E-state index in [1.165, 1.54) is 27.4 Å². The molecular formula is C18H16N4O3S. The van der Waals surface area contributed by atoms with Crippen LogP contribution in [0.25, 0.3) is 5.65 Å². The molecule has 1 aromatic carbocycles. The van der Waals surface area contributed by atoms with Crippen LogP contribution < -0.4 is 4.90 Å². The van der Waals surface area contributed by atoms with Gasteiger partial charge in [-0.3, -0.25) is 9.69 Å². The molecule has 1 aliphatic rings. The van der Waals surface area contributed by atoms with Crippen molar-refractivity contribution in [3.05, 3.63) is 53.7 Å². The van der Waals surface area contributed by atoms with Crippen LogP contribution in [-0.2, 0) is 5.75 Å². The van der Waals surface area contributed by atoms with Gasteiger partial charge in [-0.25, -0.2) is 9.78 Å². The molecule has 26 heavy (non-hydrogen) atoms. The summed E-state index contributed by atoms with van der Waals surface area (Å²) in [6.07, 6.45) is 2.72. The molecule has 1 amide bonds. The molecule has 2 aromatic heterocycles. The second-order valence-corrected chi connectivity index (χ2v) is 7.06. The van der Waals surface area contributed by atoms with Gasteiger partial charge in [0.05, 0.1) is 11.8 Å². The Morgan fingerprint density at radius 3 is 2.77 bits per heavy atom. The van der Waals surface area contributed by atoms with Gasteiger partial charge in [0.25, 0.3) is 0 Å². The lowest BCUT2D eigenvalue weighted by molar-refractivity contribution is 0.112. The molecule has 1 saturated carbocycles. The van der Waals surface area contributed by atoms with Gasteiger partial charge in [0.1, 0.15) is 10.8 Å². The molecule has 1 fully saturated rings. The third kappa shape index (κ3) is 3.15. The van der Waals surface area contributed by atoms with Crippen LogP contribution in [0.3, 0.4) is 0 Å². The zero-order chi connectivity index (χ0) is 18.1. The maximum atomic E-state index is 11.8. The molecule has 4 rings (SSSR count). The monoisotopic (exact) mass is 368 g/mol. The molecule has 1 N–H and O–H groups in total. The zero-order valence-electron chi connectivity index (χ0n) is 13.8. The maximum Gasteiger partial charge on any atom is 0.413 e. The summed E-state index contributed by atoms with van der Waals surface area (Å²) in [5.74, 6) is 1.12. The maximum absolute atomic E-state index is 11.8. The van der Waals surface area contributed by atoms with Crippen molar-refractivity contribution in [3.8, 4) is 0 Å². The lowest BCUT2D eigenvalue weighted by Gasteiger charge is -2.20. The second-order valence-electron chi connectivity index (χ2n) is 6.06. The Morgan fingerprint density at radius 2 is 2.12 bits per heavy atom. The lowest BCUT2D eigenvalue weighted by atomic mass is 10.2. The highest BCUT2D eigenvalue weighted by molar-refractivity contribution is 7.98. The molecule has 132 valence electrons. The number of carbonyl (C=O) groups is 2. The summed E-state index contributed by atoms with van der Waals surface area (Å²) in [5, 5.41) is 14.5. The third-order valence-electron chi connectivity index (χ3n) is 4.18. The number of aromatic nitrogens is 3. The van der Waals surface area contributed by atoms with Gasteiger partial charge in [0, 0.05) is 17.9 Å². The first kappa shape index (κ1) is 16.6. The average Bonchev–Trinajstić information content (AvgIpc) is 3.39. The van der Waals surface area contributed by atoms with Crippen LogP contribution in [0.15, 0.2) is 47.6 Å². The van der Waals surface area contributed by atoms with E-state index in [9.17, 15) is 14.7 Å². The van der Waals surface area contributed by atoms with E-state index in [0.29, 0.717) is 34.1 Å². The van der Waals surface area contributed by atoms with E-state index in [2.05, 4.69) is 10.1 Å². The van der Waals surface area contributed by atoms with Gasteiger partial charge in [-0.2, -0.15) is 9.61 Å². The van der Waals surface area contributed by atoms with E-state index in [1.807, 2.05) is 30.3 Å². The molecule has 0 unspecified atom stereocenters. The van der Waals surface area contributed by atoms with Crippen molar-refractivity contribution in [2.75, 3.05) is 4.90 Å². The van der Waals surface area contributed by atoms with E-state index in [4.69, 9.17) is 0 Å². The van der Waals surface area contributed by atoms with Gasteiger partial charge in [-0.15, -0.1) is 11.8 Å². The minimum atomic E-state index is -1.03. The zero-order valence-corrected chi connectivity index (χ0v) is 14.6. The van der Waals surface area contributed by atoms with Crippen LogP contribution in [-0.4, -0.2) is 38.1 Å². The first-order valence-electron chi connectivity index (χ1n) is 8.20. The third-order valence-corrected chi connectivity index (χ3v) is 5.16. The number of benzene rings is 1. The first-order chi connectivity index (χ1) is 12.7. The van der Waals surface area contributed by atoms with Crippen molar-refractivity contribution in [3.63, 3.8) is 0 Å². The van der Waals surface area contributed by atoms with Crippen molar-refractivity contribution in [1.82, 2.24) is 14.6 Å². The van der Waals surface area contributed by atoms with Gasteiger partial charge in [0.15, 0.2) is 11.9 Å². The molecule has 0 bridgehead atoms. The molecule has 8 heteroatoms. The number of anilines is 1. The Labute approximate surface area is 153 Å². The number of nitrogens with zero attached hydrogens (tertiary/aromatic N) is 4. The number of carbonyl (C=O) groups excluding carboxylic acids is 1. The largest absolute Gasteiger partial charge is 0.465 e. The van der Waals surface area contributed by atoms with E-state index in [1.54, 1.807) is 6.07 Å². The number of fused-ring (bicyclic) bond motifs is 1. The number of rotatable bonds is 6. The standard InChI is InChI=1S/C18H16N4O3S/c23-10-13-9-19-22-16(21(18(24)25)14-6-7-14)8-15(20-17(13)22)26-11-12-4-2-1-3-5-12/h1-5,8-10,14H,6-7,11H2,(H,24,25).